The zero-order valence-corrected chi connectivity index (χ0v) is 15.8. The lowest BCUT2D eigenvalue weighted by Crippen LogP contribution is -2.31. The van der Waals surface area contributed by atoms with Crippen LogP contribution in [0.5, 0.6) is 11.5 Å². The quantitative estimate of drug-likeness (QED) is 0.797. The maximum absolute atomic E-state index is 12.8. The lowest BCUT2D eigenvalue weighted by atomic mass is 9.85. The predicted octanol–water partition coefficient (Wildman–Crippen LogP) is 3.18. The summed E-state index contributed by atoms with van der Waals surface area (Å²) in [5.74, 6) is 2.33. The van der Waals surface area contributed by atoms with Crippen LogP contribution in [0.4, 0.5) is 5.95 Å². The molecule has 1 aliphatic carbocycles. The van der Waals surface area contributed by atoms with Gasteiger partial charge in [0, 0.05) is 24.1 Å². The number of hydrogen-bond acceptors (Lipinski definition) is 7. The fourth-order valence-corrected chi connectivity index (χ4v) is 4.23. The number of carbonyl (C=O) groups is 1. The van der Waals surface area contributed by atoms with Gasteiger partial charge in [0.1, 0.15) is 6.04 Å². The minimum Gasteiger partial charge on any atom is -0.490 e. The van der Waals surface area contributed by atoms with Crippen molar-refractivity contribution in [1.29, 1.82) is 0 Å². The third-order valence-electron chi connectivity index (χ3n) is 5.12. The maximum atomic E-state index is 12.8. The number of fused-ring (bicyclic) bond motifs is 2. The molecule has 0 bridgehead atoms. The number of carbonyl (C=O) groups excluding carboxylic acids is 1. The first-order valence-electron chi connectivity index (χ1n) is 9.18. The van der Waals surface area contributed by atoms with Gasteiger partial charge in [-0.2, -0.15) is 4.98 Å². The van der Waals surface area contributed by atoms with Gasteiger partial charge in [0.2, 0.25) is 11.1 Å². The van der Waals surface area contributed by atoms with E-state index in [0.29, 0.717) is 30.7 Å². The molecular formula is C19H20N4O3S. The average Bonchev–Trinajstić information content (AvgIpc) is 2.95. The number of benzene rings is 1. The van der Waals surface area contributed by atoms with Crippen LogP contribution in [0.15, 0.2) is 34.6 Å². The molecule has 1 aromatic heterocycles. The second-order valence-electron chi connectivity index (χ2n) is 6.82. The van der Waals surface area contributed by atoms with Gasteiger partial charge >= 0.3 is 0 Å². The van der Waals surface area contributed by atoms with Crippen LogP contribution in [0.1, 0.15) is 37.3 Å². The highest BCUT2D eigenvalue weighted by Gasteiger charge is 2.37. The topological polar surface area (TPSA) is 78.3 Å². The van der Waals surface area contributed by atoms with Gasteiger partial charge < -0.3 is 14.8 Å². The largest absolute Gasteiger partial charge is 0.490 e. The van der Waals surface area contributed by atoms with Gasteiger partial charge in [0.05, 0.1) is 13.2 Å². The Morgan fingerprint density at radius 3 is 2.89 bits per heavy atom. The molecule has 5 rings (SSSR count). The molecule has 27 heavy (non-hydrogen) atoms. The van der Waals surface area contributed by atoms with E-state index in [1.54, 1.807) is 0 Å². The summed E-state index contributed by atoms with van der Waals surface area (Å²) in [4.78, 5) is 17.4. The van der Waals surface area contributed by atoms with Crippen LogP contribution in [0.2, 0.25) is 0 Å². The Labute approximate surface area is 161 Å². The lowest BCUT2D eigenvalue weighted by Gasteiger charge is -2.32. The van der Waals surface area contributed by atoms with Crippen LogP contribution >= 0.6 is 11.8 Å². The molecule has 3 heterocycles. The Bertz CT molecular complexity index is 952. The Morgan fingerprint density at radius 1 is 1.19 bits per heavy atom. The van der Waals surface area contributed by atoms with Crippen molar-refractivity contribution in [2.24, 2.45) is 0 Å². The predicted molar refractivity (Wildman–Crippen MR) is 101 cm³/mol. The van der Waals surface area contributed by atoms with Crippen molar-refractivity contribution in [3.63, 3.8) is 0 Å². The molecule has 0 spiro atoms. The lowest BCUT2D eigenvalue weighted by molar-refractivity contribution is -0.116. The normalized spacial score (nSPS) is 21.2. The van der Waals surface area contributed by atoms with Gasteiger partial charge in [-0.15, -0.1) is 5.10 Å². The fourth-order valence-electron chi connectivity index (χ4n) is 3.88. The number of rotatable bonds is 2. The van der Waals surface area contributed by atoms with Gasteiger partial charge in [-0.1, -0.05) is 17.8 Å². The van der Waals surface area contributed by atoms with E-state index in [2.05, 4.69) is 15.4 Å². The number of thioether (sulfide) groups is 1. The summed E-state index contributed by atoms with van der Waals surface area (Å²) in [6.45, 7) is 1.28. The summed E-state index contributed by atoms with van der Waals surface area (Å²) in [5, 5.41) is 8.65. The summed E-state index contributed by atoms with van der Waals surface area (Å²) in [7, 11) is 0. The van der Waals surface area contributed by atoms with Crippen LogP contribution in [-0.4, -0.2) is 40.0 Å². The minimum atomic E-state index is -0.297. The summed E-state index contributed by atoms with van der Waals surface area (Å²) in [6, 6.07) is 5.61. The third-order valence-corrected chi connectivity index (χ3v) is 5.66. The van der Waals surface area contributed by atoms with E-state index in [1.807, 2.05) is 29.1 Å². The molecule has 2 aromatic rings. The van der Waals surface area contributed by atoms with E-state index < -0.39 is 0 Å². The Morgan fingerprint density at radius 2 is 2.04 bits per heavy atom. The number of anilines is 1. The molecule has 1 atom stereocenters. The highest BCUT2D eigenvalue weighted by atomic mass is 32.2. The first-order valence-corrected chi connectivity index (χ1v) is 10.4. The van der Waals surface area contributed by atoms with Gasteiger partial charge in [0.25, 0.3) is 0 Å². The van der Waals surface area contributed by atoms with E-state index in [9.17, 15) is 4.79 Å². The van der Waals surface area contributed by atoms with E-state index >= 15 is 0 Å². The molecule has 7 nitrogen and oxygen atoms in total. The van der Waals surface area contributed by atoms with E-state index in [4.69, 9.17) is 9.47 Å². The van der Waals surface area contributed by atoms with Crippen LogP contribution in [0, 0.1) is 0 Å². The molecule has 1 aromatic carbocycles. The minimum absolute atomic E-state index is 0.174. The molecule has 0 saturated heterocycles. The zero-order chi connectivity index (χ0) is 18.4. The van der Waals surface area contributed by atoms with Crippen molar-refractivity contribution >= 4 is 23.5 Å². The van der Waals surface area contributed by atoms with Gasteiger partial charge in [-0.05, 0) is 36.8 Å². The van der Waals surface area contributed by atoms with Crippen molar-refractivity contribution < 1.29 is 14.3 Å². The van der Waals surface area contributed by atoms with Crippen LogP contribution in [-0.2, 0) is 4.79 Å². The number of aromatic nitrogens is 3. The highest BCUT2D eigenvalue weighted by Crippen LogP contribution is 2.42. The van der Waals surface area contributed by atoms with Crippen LogP contribution in [0.3, 0.4) is 0 Å². The molecule has 2 aliphatic heterocycles. The number of ketones is 1. The molecule has 1 unspecified atom stereocenters. The molecule has 3 aliphatic rings. The fraction of sp³-hybridized carbons (Fsp3) is 0.421. The van der Waals surface area contributed by atoms with E-state index in [1.165, 1.54) is 11.8 Å². The number of allylic oxidation sites excluding steroid dienone is 2. The monoisotopic (exact) mass is 384 g/mol. The van der Waals surface area contributed by atoms with E-state index in [-0.39, 0.29) is 11.8 Å². The van der Waals surface area contributed by atoms with Crippen molar-refractivity contribution in [3.05, 3.63) is 35.0 Å². The number of nitrogens with zero attached hydrogens (tertiary/aromatic N) is 3. The van der Waals surface area contributed by atoms with E-state index in [0.717, 1.165) is 47.6 Å². The average molecular weight is 384 g/mol. The van der Waals surface area contributed by atoms with Gasteiger partial charge in [-0.3, -0.25) is 4.79 Å². The Kier molecular flexibility index (Phi) is 4.07. The molecule has 8 heteroatoms. The summed E-state index contributed by atoms with van der Waals surface area (Å²) >= 11 is 1.49. The van der Waals surface area contributed by atoms with Crippen LogP contribution < -0.4 is 14.8 Å². The highest BCUT2D eigenvalue weighted by molar-refractivity contribution is 7.98. The number of ether oxygens (including phenoxy) is 2. The number of hydrogen-bond donors (Lipinski definition) is 1. The molecule has 0 fully saturated rings. The first-order chi connectivity index (χ1) is 13.2. The summed E-state index contributed by atoms with van der Waals surface area (Å²) < 4.78 is 13.4. The van der Waals surface area contributed by atoms with Crippen molar-refractivity contribution in [2.45, 2.75) is 36.9 Å². The molecule has 0 radical (unpaired) electrons. The number of Topliss-reactive ketones (excluding diaryl/α,β-unsaturated/α-hetero) is 1. The van der Waals surface area contributed by atoms with Crippen molar-refractivity contribution in [1.82, 2.24) is 14.8 Å². The van der Waals surface area contributed by atoms with Crippen molar-refractivity contribution in [3.8, 4) is 11.5 Å². The SMILES string of the molecule is CSc1nc2n(n1)C(c1ccc3c(c1)OCCCO3)C1=C(CCCC1=O)N2. The summed E-state index contributed by atoms with van der Waals surface area (Å²) in [6.07, 6.45) is 5.09. The smallest absolute Gasteiger partial charge is 0.227 e. The Balaban J connectivity index is 1.66. The molecule has 140 valence electrons. The van der Waals surface area contributed by atoms with Crippen molar-refractivity contribution in [2.75, 3.05) is 24.8 Å². The molecule has 0 amide bonds. The summed E-state index contributed by atoms with van der Waals surface area (Å²) in [5.41, 5.74) is 2.72. The Hall–Kier alpha value is -2.48. The molecular weight excluding hydrogens is 364 g/mol. The standard InChI is InChI=1S/C19H20N4O3S/c1-27-19-21-18-20-12-4-2-5-13(24)16(12)17(23(18)22-19)11-6-7-14-15(10-11)26-9-3-8-25-14/h6-7,10,17H,2-5,8-9H2,1H3,(H,20,21,22). The zero-order valence-electron chi connectivity index (χ0n) is 15.0. The number of nitrogens with one attached hydrogen (secondary N) is 1. The second-order valence-corrected chi connectivity index (χ2v) is 7.59. The maximum Gasteiger partial charge on any atom is 0.227 e. The first kappa shape index (κ1) is 16.7. The molecule has 0 saturated carbocycles. The third kappa shape index (κ3) is 2.79. The van der Waals surface area contributed by atoms with Gasteiger partial charge in [0.15, 0.2) is 17.3 Å². The van der Waals surface area contributed by atoms with Gasteiger partial charge in [-0.25, -0.2) is 4.68 Å². The second kappa shape index (κ2) is 6.60. The van der Waals surface area contributed by atoms with Crippen LogP contribution in [0.25, 0.3) is 0 Å². The molecule has 1 N–H and O–H groups in total.